The van der Waals surface area contributed by atoms with Crippen molar-refractivity contribution in [1.29, 1.82) is 0 Å². The first-order chi connectivity index (χ1) is 24.8. The lowest BCUT2D eigenvalue weighted by Crippen LogP contribution is -1.96. The van der Waals surface area contributed by atoms with Gasteiger partial charge in [0.15, 0.2) is 5.82 Å². The molecule has 0 radical (unpaired) electrons. The van der Waals surface area contributed by atoms with Crippen LogP contribution in [0.4, 0.5) is 0 Å². The molecule has 4 heterocycles. The number of hydrogen-bond acceptors (Lipinski definition) is 5. The van der Waals surface area contributed by atoms with E-state index < -0.39 is 0 Å². The zero-order valence-electron chi connectivity index (χ0n) is 26.7. The van der Waals surface area contributed by atoms with E-state index in [0.717, 1.165) is 94.3 Å². The Bertz CT molecular complexity index is 2850. The zero-order valence-corrected chi connectivity index (χ0v) is 26.7. The van der Waals surface area contributed by atoms with Crippen molar-refractivity contribution in [2.45, 2.75) is 0 Å². The summed E-state index contributed by atoms with van der Waals surface area (Å²) < 4.78 is 13.2. The Morgan fingerprint density at radius 1 is 0.380 bits per heavy atom. The largest absolute Gasteiger partial charge is 0.455 e. The number of aromatic nitrogens is 3. The summed E-state index contributed by atoms with van der Waals surface area (Å²) in [5, 5.41) is 4.21. The average molecular weight is 642 g/mol. The van der Waals surface area contributed by atoms with Gasteiger partial charge in [0.25, 0.3) is 0 Å². The van der Waals surface area contributed by atoms with Crippen LogP contribution < -0.4 is 0 Å². The van der Waals surface area contributed by atoms with Crippen LogP contribution in [-0.4, -0.2) is 15.0 Å². The molecule has 0 bridgehead atoms. The number of para-hydroxylation sites is 3. The van der Waals surface area contributed by atoms with Crippen molar-refractivity contribution in [2.24, 2.45) is 0 Å². The number of rotatable bonds is 5. The molecule has 10 aromatic rings. The van der Waals surface area contributed by atoms with E-state index in [0.29, 0.717) is 5.82 Å². The van der Waals surface area contributed by atoms with E-state index in [1.165, 1.54) is 0 Å². The second kappa shape index (κ2) is 11.4. The third-order valence-corrected chi connectivity index (χ3v) is 9.40. The Hall–Kier alpha value is -6.85. The molecule has 0 amide bonds. The molecule has 0 N–H and O–H groups in total. The minimum absolute atomic E-state index is 0.590. The maximum atomic E-state index is 6.71. The molecule has 5 heteroatoms. The van der Waals surface area contributed by atoms with Gasteiger partial charge in [0.1, 0.15) is 22.3 Å². The topological polar surface area (TPSA) is 65.0 Å². The molecule has 50 heavy (non-hydrogen) atoms. The highest BCUT2D eigenvalue weighted by molar-refractivity contribution is 6.19. The van der Waals surface area contributed by atoms with E-state index in [1.807, 2.05) is 72.9 Å². The number of furan rings is 2. The molecule has 0 aliphatic heterocycles. The highest BCUT2D eigenvalue weighted by atomic mass is 16.3. The highest BCUT2D eigenvalue weighted by Crippen LogP contribution is 2.44. The number of benzene rings is 6. The first kappa shape index (κ1) is 28.2. The Labute approximate surface area is 287 Å². The Morgan fingerprint density at radius 3 is 1.74 bits per heavy atom. The second-order valence-corrected chi connectivity index (χ2v) is 12.4. The second-order valence-electron chi connectivity index (χ2n) is 12.4. The average Bonchev–Trinajstić information content (AvgIpc) is 3.78. The summed E-state index contributed by atoms with van der Waals surface area (Å²) in [6, 6.07) is 53.6. The normalized spacial score (nSPS) is 11.6. The van der Waals surface area contributed by atoms with Gasteiger partial charge in [-0.25, -0.2) is 9.97 Å². The smallest absolute Gasteiger partial charge is 0.164 e. The minimum atomic E-state index is 0.590. The fraction of sp³-hybridized carbons (Fsp3) is 0. The van der Waals surface area contributed by atoms with E-state index in [9.17, 15) is 0 Å². The van der Waals surface area contributed by atoms with E-state index >= 15 is 0 Å². The standard InChI is InChI=1S/C45H27N3O2/c1-2-11-28(12-3-1)38-27-39(30-22-20-29(21-23-30)37-17-8-9-26-46-37)48-45(47-38)36-25-24-32(42-35-14-5-7-19-41(35)50-44(36)42)34-16-10-15-33-31-13-4-6-18-40(31)49-43(33)34/h1-27H. The van der Waals surface area contributed by atoms with E-state index in [-0.39, 0.29) is 0 Å². The van der Waals surface area contributed by atoms with Gasteiger partial charge in [-0.3, -0.25) is 4.98 Å². The molecule has 6 aromatic carbocycles. The number of pyridine rings is 1. The molecule has 0 aliphatic carbocycles. The van der Waals surface area contributed by atoms with E-state index in [2.05, 4.69) is 96.0 Å². The maximum absolute atomic E-state index is 6.71. The predicted molar refractivity (Wildman–Crippen MR) is 202 cm³/mol. The Morgan fingerprint density at radius 2 is 0.980 bits per heavy atom. The Kier molecular flexibility index (Phi) is 6.42. The summed E-state index contributed by atoms with van der Waals surface area (Å²) in [4.78, 5) is 14.9. The first-order valence-electron chi connectivity index (χ1n) is 16.6. The molecular formula is C45H27N3O2. The van der Waals surface area contributed by atoms with Crippen molar-refractivity contribution in [2.75, 3.05) is 0 Å². The molecule has 0 fully saturated rings. The molecule has 0 atom stereocenters. The van der Waals surface area contributed by atoms with Crippen LogP contribution in [0.2, 0.25) is 0 Å². The monoisotopic (exact) mass is 641 g/mol. The summed E-state index contributed by atoms with van der Waals surface area (Å²) in [7, 11) is 0. The fourth-order valence-electron chi connectivity index (χ4n) is 7.01. The zero-order chi connectivity index (χ0) is 33.0. The van der Waals surface area contributed by atoms with Gasteiger partial charge in [0, 0.05) is 50.0 Å². The number of nitrogens with zero attached hydrogens (tertiary/aromatic N) is 3. The van der Waals surface area contributed by atoms with Crippen LogP contribution in [0.25, 0.3) is 100 Å². The lowest BCUT2D eigenvalue weighted by atomic mass is 9.95. The lowest BCUT2D eigenvalue weighted by molar-refractivity contribution is 0.669. The highest BCUT2D eigenvalue weighted by Gasteiger charge is 2.22. The van der Waals surface area contributed by atoms with Crippen molar-refractivity contribution in [3.63, 3.8) is 0 Å². The molecular weight excluding hydrogens is 615 g/mol. The minimum Gasteiger partial charge on any atom is -0.455 e. The van der Waals surface area contributed by atoms with Crippen LogP contribution >= 0.6 is 0 Å². The summed E-state index contributed by atoms with van der Waals surface area (Å²) in [5.74, 6) is 0.590. The van der Waals surface area contributed by atoms with Gasteiger partial charge in [-0.2, -0.15) is 0 Å². The molecule has 4 aromatic heterocycles. The van der Waals surface area contributed by atoms with Crippen LogP contribution in [0.5, 0.6) is 0 Å². The molecule has 10 rings (SSSR count). The fourth-order valence-corrected chi connectivity index (χ4v) is 7.01. The predicted octanol–water partition coefficient (Wildman–Crippen LogP) is 12.0. The van der Waals surface area contributed by atoms with Crippen LogP contribution in [0, 0.1) is 0 Å². The van der Waals surface area contributed by atoms with Gasteiger partial charge in [-0.1, -0.05) is 121 Å². The van der Waals surface area contributed by atoms with Crippen LogP contribution in [0.1, 0.15) is 0 Å². The van der Waals surface area contributed by atoms with E-state index in [1.54, 1.807) is 0 Å². The summed E-state index contributed by atoms with van der Waals surface area (Å²) in [6.45, 7) is 0. The summed E-state index contributed by atoms with van der Waals surface area (Å²) in [5.41, 5.74) is 11.7. The third-order valence-electron chi connectivity index (χ3n) is 9.40. The van der Waals surface area contributed by atoms with Crippen molar-refractivity contribution in [3.8, 4) is 56.3 Å². The molecule has 0 saturated carbocycles. The SMILES string of the molecule is c1ccc(-c2cc(-c3ccc(-c4ccccn4)cc3)nc(-c3ccc(-c4cccc5c4oc4ccccc45)c4c3oc3ccccc34)n2)cc1. The summed E-state index contributed by atoms with van der Waals surface area (Å²) >= 11 is 0. The van der Waals surface area contributed by atoms with Crippen LogP contribution in [0.3, 0.4) is 0 Å². The molecule has 0 spiro atoms. The molecule has 0 saturated heterocycles. The third kappa shape index (κ3) is 4.60. The van der Waals surface area contributed by atoms with Crippen molar-refractivity contribution >= 4 is 43.9 Å². The van der Waals surface area contributed by atoms with Gasteiger partial charge in [0.2, 0.25) is 0 Å². The van der Waals surface area contributed by atoms with Gasteiger partial charge >= 0.3 is 0 Å². The molecule has 5 nitrogen and oxygen atoms in total. The molecule has 234 valence electrons. The van der Waals surface area contributed by atoms with Gasteiger partial charge in [0.05, 0.1) is 22.6 Å². The van der Waals surface area contributed by atoms with Crippen molar-refractivity contribution in [1.82, 2.24) is 15.0 Å². The number of fused-ring (bicyclic) bond motifs is 6. The van der Waals surface area contributed by atoms with E-state index in [4.69, 9.17) is 18.8 Å². The quantitative estimate of drug-likeness (QED) is 0.187. The summed E-state index contributed by atoms with van der Waals surface area (Å²) in [6.07, 6.45) is 1.81. The Balaban J connectivity index is 1.20. The van der Waals surface area contributed by atoms with Gasteiger partial charge in [-0.15, -0.1) is 0 Å². The van der Waals surface area contributed by atoms with Gasteiger partial charge in [-0.05, 0) is 42.0 Å². The lowest BCUT2D eigenvalue weighted by Gasteiger charge is -2.12. The number of hydrogen-bond donors (Lipinski definition) is 0. The molecule has 0 aliphatic rings. The van der Waals surface area contributed by atoms with Gasteiger partial charge < -0.3 is 8.83 Å². The van der Waals surface area contributed by atoms with Crippen LogP contribution in [0.15, 0.2) is 173 Å². The first-order valence-corrected chi connectivity index (χ1v) is 16.6. The van der Waals surface area contributed by atoms with Crippen molar-refractivity contribution in [3.05, 3.63) is 164 Å². The van der Waals surface area contributed by atoms with Crippen LogP contribution in [-0.2, 0) is 0 Å². The van der Waals surface area contributed by atoms with Crippen molar-refractivity contribution < 1.29 is 8.83 Å². The maximum Gasteiger partial charge on any atom is 0.164 e. The molecule has 0 unspecified atom stereocenters.